The fraction of sp³-hybridized carbons (Fsp3) is 0.400. The molecule has 7 heteroatoms. The first-order valence-corrected chi connectivity index (χ1v) is 8.01. The highest BCUT2D eigenvalue weighted by atomic mass is 32.2. The van der Waals surface area contributed by atoms with Crippen LogP contribution in [-0.2, 0) is 11.8 Å². The minimum Gasteiger partial charge on any atom is -0.355 e. The van der Waals surface area contributed by atoms with Gasteiger partial charge in [-0.25, -0.2) is 4.39 Å². The Labute approximate surface area is 133 Å². The number of carbonyl (C=O) groups is 1. The van der Waals surface area contributed by atoms with Gasteiger partial charge < -0.3 is 9.88 Å². The summed E-state index contributed by atoms with van der Waals surface area (Å²) in [5.74, 6) is 0.0624. The van der Waals surface area contributed by atoms with Gasteiger partial charge in [-0.1, -0.05) is 30.8 Å². The molecule has 0 aliphatic rings. The van der Waals surface area contributed by atoms with Crippen LogP contribution in [0.4, 0.5) is 4.39 Å². The molecular weight excluding hydrogens is 303 g/mol. The van der Waals surface area contributed by atoms with Gasteiger partial charge in [0.05, 0.1) is 10.8 Å². The Hall–Kier alpha value is -1.89. The lowest BCUT2D eigenvalue weighted by Gasteiger charge is -2.11. The number of rotatable bonds is 6. The molecule has 0 saturated carbocycles. The highest BCUT2D eigenvalue weighted by Crippen LogP contribution is 2.26. The molecule has 0 fully saturated rings. The average molecular weight is 322 g/mol. The lowest BCUT2D eigenvalue weighted by Crippen LogP contribution is -2.31. The topological polar surface area (TPSA) is 59.8 Å². The van der Waals surface area contributed by atoms with Crippen LogP contribution in [0.25, 0.3) is 11.4 Å². The van der Waals surface area contributed by atoms with Gasteiger partial charge >= 0.3 is 0 Å². The van der Waals surface area contributed by atoms with E-state index < -0.39 is 0 Å². The number of benzene rings is 1. The van der Waals surface area contributed by atoms with Crippen LogP contribution < -0.4 is 5.32 Å². The SMILES string of the molecule is CCCNC(=O)C(C)Sc1nnc(-c2ccccc2F)n1C. The Bertz CT molecular complexity index is 659. The Balaban J connectivity index is 2.15. The second-order valence-corrected chi connectivity index (χ2v) is 6.20. The number of aromatic nitrogens is 3. The third-order valence-corrected chi connectivity index (χ3v) is 4.28. The summed E-state index contributed by atoms with van der Waals surface area (Å²) in [4.78, 5) is 11.9. The van der Waals surface area contributed by atoms with Gasteiger partial charge in [0, 0.05) is 13.6 Å². The molecule has 118 valence electrons. The fourth-order valence-corrected chi connectivity index (χ4v) is 2.74. The molecule has 0 bridgehead atoms. The van der Waals surface area contributed by atoms with Crippen molar-refractivity contribution in [2.75, 3.05) is 6.54 Å². The summed E-state index contributed by atoms with van der Waals surface area (Å²) in [5, 5.41) is 11.2. The second-order valence-electron chi connectivity index (χ2n) is 4.90. The summed E-state index contributed by atoms with van der Waals surface area (Å²) in [7, 11) is 1.76. The summed E-state index contributed by atoms with van der Waals surface area (Å²) in [5.41, 5.74) is 0.396. The van der Waals surface area contributed by atoms with Gasteiger partial charge in [0.2, 0.25) is 5.91 Å². The van der Waals surface area contributed by atoms with Gasteiger partial charge in [-0.05, 0) is 25.5 Å². The molecular formula is C15H19FN4OS. The highest BCUT2D eigenvalue weighted by molar-refractivity contribution is 8.00. The normalized spacial score (nSPS) is 12.2. The number of halogens is 1. The number of hydrogen-bond donors (Lipinski definition) is 1. The van der Waals surface area contributed by atoms with Gasteiger partial charge in [-0.15, -0.1) is 10.2 Å². The monoisotopic (exact) mass is 322 g/mol. The van der Waals surface area contributed by atoms with E-state index in [0.717, 1.165) is 6.42 Å². The van der Waals surface area contributed by atoms with Crippen LogP contribution in [0.5, 0.6) is 0 Å². The van der Waals surface area contributed by atoms with E-state index in [9.17, 15) is 9.18 Å². The first kappa shape index (κ1) is 16.5. The molecule has 2 aromatic rings. The van der Waals surface area contributed by atoms with Crippen LogP contribution in [0.3, 0.4) is 0 Å². The molecule has 1 aromatic heterocycles. The van der Waals surface area contributed by atoms with Crippen LogP contribution in [0.2, 0.25) is 0 Å². The van der Waals surface area contributed by atoms with Crippen molar-refractivity contribution < 1.29 is 9.18 Å². The van der Waals surface area contributed by atoms with E-state index in [1.54, 1.807) is 29.8 Å². The minimum absolute atomic E-state index is 0.0395. The lowest BCUT2D eigenvalue weighted by atomic mass is 10.2. The Morgan fingerprint density at radius 2 is 2.14 bits per heavy atom. The van der Waals surface area contributed by atoms with Crippen LogP contribution in [-0.4, -0.2) is 32.5 Å². The lowest BCUT2D eigenvalue weighted by molar-refractivity contribution is -0.120. The minimum atomic E-state index is -0.344. The van der Waals surface area contributed by atoms with Gasteiger partial charge in [0.25, 0.3) is 0 Å². The quantitative estimate of drug-likeness (QED) is 0.831. The molecule has 0 saturated heterocycles. The number of carbonyl (C=O) groups excluding carboxylic acids is 1. The van der Waals surface area contributed by atoms with Crippen LogP contribution in [0, 0.1) is 5.82 Å². The summed E-state index contributed by atoms with van der Waals surface area (Å²) in [6.45, 7) is 4.47. The van der Waals surface area contributed by atoms with Crippen molar-refractivity contribution in [3.05, 3.63) is 30.1 Å². The van der Waals surface area contributed by atoms with E-state index >= 15 is 0 Å². The van der Waals surface area contributed by atoms with E-state index in [4.69, 9.17) is 0 Å². The molecule has 1 amide bonds. The Kier molecular flexibility index (Phi) is 5.54. The van der Waals surface area contributed by atoms with Crippen LogP contribution in [0.1, 0.15) is 20.3 Å². The zero-order chi connectivity index (χ0) is 16.1. The number of thioether (sulfide) groups is 1. The molecule has 1 atom stereocenters. The van der Waals surface area contributed by atoms with Crippen LogP contribution in [0.15, 0.2) is 29.4 Å². The third-order valence-electron chi connectivity index (χ3n) is 3.15. The number of hydrogen-bond acceptors (Lipinski definition) is 4. The maximum absolute atomic E-state index is 13.8. The second kappa shape index (κ2) is 7.40. The largest absolute Gasteiger partial charge is 0.355 e. The molecule has 0 spiro atoms. The number of nitrogens with one attached hydrogen (secondary N) is 1. The van der Waals surface area contributed by atoms with Gasteiger partial charge in [-0.3, -0.25) is 4.79 Å². The van der Waals surface area contributed by atoms with Crippen molar-refractivity contribution in [1.29, 1.82) is 0 Å². The summed E-state index contributed by atoms with van der Waals surface area (Å²) >= 11 is 1.30. The van der Waals surface area contributed by atoms with Crippen molar-refractivity contribution in [3.63, 3.8) is 0 Å². The van der Waals surface area contributed by atoms with Crippen LogP contribution >= 0.6 is 11.8 Å². The highest BCUT2D eigenvalue weighted by Gasteiger charge is 2.19. The van der Waals surface area contributed by atoms with E-state index in [-0.39, 0.29) is 17.0 Å². The van der Waals surface area contributed by atoms with Crippen molar-refractivity contribution in [2.24, 2.45) is 7.05 Å². The zero-order valence-electron chi connectivity index (χ0n) is 12.8. The molecule has 2 rings (SSSR count). The maximum atomic E-state index is 13.8. The van der Waals surface area contributed by atoms with E-state index in [0.29, 0.717) is 23.1 Å². The number of amides is 1. The van der Waals surface area contributed by atoms with Crippen molar-refractivity contribution in [3.8, 4) is 11.4 Å². The van der Waals surface area contributed by atoms with E-state index in [2.05, 4.69) is 15.5 Å². The molecule has 0 aliphatic carbocycles. The predicted molar refractivity (Wildman–Crippen MR) is 85.0 cm³/mol. The predicted octanol–water partition coefficient (Wildman–Crippen LogP) is 2.63. The summed E-state index contributed by atoms with van der Waals surface area (Å²) in [6, 6.07) is 6.43. The third kappa shape index (κ3) is 3.65. The van der Waals surface area contributed by atoms with E-state index in [1.165, 1.54) is 17.8 Å². The molecule has 1 unspecified atom stereocenters. The first-order chi connectivity index (χ1) is 10.5. The maximum Gasteiger partial charge on any atom is 0.233 e. The summed E-state index contributed by atoms with van der Waals surface area (Å²) < 4.78 is 15.5. The van der Waals surface area contributed by atoms with Gasteiger partial charge in [-0.2, -0.15) is 0 Å². The first-order valence-electron chi connectivity index (χ1n) is 7.13. The summed E-state index contributed by atoms with van der Waals surface area (Å²) in [6.07, 6.45) is 0.893. The standard InChI is InChI=1S/C15H19FN4OS/c1-4-9-17-14(21)10(2)22-15-19-18-13(20(15)3)11-7-5-6-8-12(11)16/h5-8,10H,4,9H2,1-3H3,(H,17,21). The average Bonchev–Trinajstić information content (AvgIpc) is 2.86. The number of nitrogens with zero attached hydrogens (tertiary/aromatic N) is 3. The molecule has 1 heterocycles. The van der Waals surface area contributed by atoms with Crippen molar-refractivity contribution >= 4 is 17.7 Å². The van der Waals surface area contributed by atoms with Gasteiger partial charge in [0.1, 0.15) is 5.82 Å². The Morgan fingerprint density at radius 3 is 2.82 bits per heavy atom. The van der Waals surface area contributed by atoms with Gasteiger partial charge in [0.15, 0.2) is 11.0 Å². The van der Waals surface area contributed by atoms with Crippen molar-refractivity contribution in [2.45, 2.75) is 30.7 Å². The molecule has 1 N–H and O–H groups in total. The molecule has 0 radical (unpaired) electrons. The smallest absolute Gasteiger partial charge is 0.233 e. The molecule has 22 heavy (non-hydrogen) atoms. The Morgan fingerprint density at radius 1 is 1.41 bits per heavy atom. The van der Waals surface area contributed by atoms with E-state index in [1.807, 2.05) is 13.8 Å². The molecule has 0 aliphatic heterocycles. The van der Waals surface area contributed by atoms with Crippen molar-refractivity contribution in [1.82, 2.24) is 20.1 Å². The zero-order valence-corrected chi connectivity index (χ0v) is 13.7. The molecule has 5 nitrogen and oxygen atoms in total. The fourth-order valence-electron chi connectivity index (χ4n) is 1.90. The molecule has 1 aromatic carbocycles.